The fourth-order valence-corrected chi connectivity index (χ4v) is 2.73. The SMILES string of the molecule is CCn1cc(CSC)c2cccc(Cl)c21. The maximum absolute atomic E-state index is 6.23. The lowest BCUT2D eigenvalue weighted by atomic mass is 10.2. The number of aryl methyl sites for hydroxylation is 1. The lowest BCUT2D eigenvalue weighted by Crippen LogP contribution is -1.90. The minimum Gasteiger partial charge on any atom is -0.346 e. The van der Waals surface area contributed by atoms with Crippen molar-refractivity contribution in [2.24, 2.45) is 0 Å². The third kappa shape index (κ3) is 1.88. The molecule has 80 valence electrons. The largest absolute Gasteiger partial charge is 0.346 e. The van der Waals surface area contributed by atoms with E-state index in [0.717, 1.165) is 17.3 Å². The molecule has 3 heteroatoms. The Labute approximate surface area is 99.4 Å². The van der Waals surface area contributed by atoms with E-state index in [1.165, 1.54) is 16.5 Å². The van der Waals surface area contributed by atoms with Gasteiger partial charge in [-0.25, -0.2) is 0 Å². The van der Waals surface area contributed by atoms with Crippen LogP contribution in [0.1, 0.15) is 12.5 Å². The first kappa shape index (κ1) is 10.9. The molecule has 0 saturated carbocycles. The summed E-state index contributed by atoms with van der Waals surface area (Å²) in [5, 5.41) is 2.14. The van der Waals surface area contributed by atoms with Gasteiger partial charge < -0.3 is 4.57 Å². The molecule has 2 rings (SSSR count). The van der Waals surface area contributed by atoms with Crippen LogP contribution >= 0.6 is 23.4 Å². The second-order valence-electron chi connectivity index (χ2n) is 3.51. The second-order valence-corrected chi connectivity index (χ2v) is 4.78. The van der Waals surface area contributed by atoms with Crippen LogP contribution in [-0.2, 0) is 12.3 Å². The van der Waals surface area contributed by atoms with Crippen LogP contribution in [-0.4, -0.2) is 10.8 Å². The van der Waals surface area contributed by atoms with Crippen LogP contribution in [0.4, 0.5) is 0 Å². The van der Waals surface area contributed by atoms with Crippen molar-refractivity contribution in [1.29, 1.82) is 0 Å². The number of aromatic nitrogens is 1. The number of benzene rings is 1. The fourth-order valence-electron chi connectivity index (χ4n) is 1.91. The van der Waals surface area contributed by atoms with Gasteiger partial charge >= 0.3 is 0 Å². The first-order chi connectivity index (χ1) is 7.27. The number of nitrogens with zero attached hydrogens (tertiary/aromatic N) is 1. The molecule has 2 aromatic rings. The van der Waals surface area contributed by atoms with Gasteiger partial charge in [-0.2, -0.15) is 11.8 Å². The summed E-state index contributed by atoms with van der Waals surface area (Å²) in [6, 6.07) is 6.13. The van der Waals surface area contributed by atoms with Crippen molar-refractivity contribution in [1.82, 2.24) is 4.57 Å². The minimum atomic E-state index is 0.849. The highest BCUT2D eigenvalue weighted by Crippen LogP contribution is 2.29. The zero-order valence-electron chi connectivity index (χ0n) is 8.96. The van der Waals surface area contributed by atoms with Crippen LogP contribution in [0.2, 0.25) is 5.02 Å². The maximum Gasteiger partial charge on any atom is 0.0672 e. The summed E-state index contributed by atoms with van der Waals surface area (Å²) < 4.78 is 2.23. The smallest absolute Gasteiger partial charge is 0.0672 e. The normalized spacial score (nSPS) is 11.1. The number of para-hydroxylation sites is 1. The molecule has 0 unspecified atom stereocenters. The van der Waals surface area contributed by atoms with Gasteiger partial charge in [0.25, 0.3) is 0 Å². The van der Waals surface area contributed by atoms with E-state index in [0.29, 0.717) is 0 Å². The summed E-state index contributed by atoms with van der Waals surface area (Å²) in [6.07, 6.45) is 4.34. The Bertz CT molecular complexity index is 476. The third-order valence-corrected chi connectivity index (χ3v) is 3.48. The molecular formula is C12H14ClNS. The number of rotatable bonds is 3. The lowest BCUT2D eigenvalue weighted by molar-refractivity contribution is 0.795. The minimum absolute atomic E-state index is 0.849. The topological polar surface area (TPSA) is 4.93 Å². The third-order valence-electron chi connectivity index (χ3n) is 2.57. The molecule has 0 fully saturated rings. The van der Waals surface area contributed by atoms with Gasteiger partial charge in [-0.3, -0.25) is 0 Å². The average Bonchev–Trinajstić information content (AvgIpc) is 2.59. The molecule has 0 amide bonds. The summed E-state index contributed by atoms with van der Waals surface area (Å²) >= 11 is 8.07. The number of thioether (sulfide) groups is 1. The number of hydrogen-bond donors (Lipinski definition) is 0. The Hall–Kier alpha value is -0.600. The fraction of sp³-hybridized carbons (Fsp3) is 0.333. The Morgan fingerprint density at radius 2 is 2.20 bits per heavy atom. The van der Waals surface area contributed by atoms with Crippen molar-refractivity contribution < 1.29 is 0 Å². The average molecular weight is 240 g/mol. The Balaban J connectivity index is 2.69. The molecule has 1 aromatic heterocycles. The van der Waals surface area contributed by atoms with Gasteiger partial charge in [0.2, 0.25) is 0 Å². The van der Waals surface area contributed by atoms with Crippen molar-refractivity contribution in [3.05, 3.63) is 35.0 Å². The molecule has 0 aliphatic carbocycles. The van der Waals surface area contributed by atoms with Crippen molar-refractivity contribution in [3.63, 3.8) is 0 Å². The van der Waals surface area contributed by atoms with Crippen molar-refractivity contribution in [2.75, 3.05) is 6.26 Å². The summed E-state index contributed by atoms with van der Waals surface area (Å²) in [6.45, 7) is 3.11. The number of hydrogen-bond acceptors (Lipinski definition) is 1. The van der Waals surface area contributed by atoms with Crippen LogP contribution in [0, 0.1) is 0 Å². The number of halogens is 1. The van der Waals surface area contributed by atoms with Gasteiger partial charge in [0.1, 0.15) is 0 Å². The Morgan fingerprint density at radius 1 is 1.40 bits per heavy atom. The molecule has 0 atom stereocenters. The monoisotopic (exact) mass is 239 g/mol. The first-order valence-electron chi connectivity index (χ1n) is 5.03. The van der Waals surface area contributed by atoms with Crippen LogP contribution < -0.4 is 0 Å². The van der Waals surface area contributed by atoms with Crippen molar-refractivity contribution in [2.45, 2.75) is 19.2 Å². The summed E-state index contributed by atoms with van der Waals surface area (Å²) in [7, 11) is 0. The molecule has 0 N–H and O–H groups in total. The van der Waals surface area contributed by atoms with E-state index in [9.17, 15) is 0 Å². The molecule has 0 bridgehead atoms. The van der Waals surface area contributed by atoms with Crippen molar-refractivity contribution >= 4 is 34.3 Å². The molecule has 0 spiro atoms. The molecule has 0 aliphatic heterocycles. The summed E-state index contributed by atoms with van der Waals surface area (Å²) in [5.41, 5.74) is 2.55. The summed E-state index contributed by atoms with van der Waals surface area (Å²) in [4.78, 5) is 0. The van der Waals surface area contributed by atoms with Crippen LogP contribution in [0.15, 0.2) is 24.4 Å². The molecule has 0 radical (unpaired) electrons. The van der Waals surface area contributed by atoms with Crippen LogP contribution in [0.25, 0.3) is 10.9 Å². The van der Waals surface area contributed by atoms with Gasteiger partial charge in [0.05, 0.1) is 10.5 Å². The van der Waals surface area contributed by atoms with Gasteiger partial charge in [-0.15, -0.1) is 0 Å². The Morgan fingerprint density at radius 3 is 2.87 bits per heavy atom. The van der Waals surface area contributed by atoms with Crippen molar-refractivity contribution in [3.8, 4) is 0 Å². The molecule has 0 saturated heterocycles. The van der Waals surface area contributed by atoms with Gasteiger partial charge in [0.15, 0.2) is 0 Å². The van der Waals surface area contributed by atoms with E-state index in [-0.39, 0.29) is 0 Å². The van der Waals surface area contributed by atoms with Crippen LogP contribution in [0.3, 0.4) is 0 Å². The summed E-state index contributed by atoms with van der Waals surface area (Å²) in [5.74, 6) is 1.05. The van der Waals surface area contributed by atoms with E-state index >= 15 is 0 Å². The highest BCUT2D eigenvalue weighted by atomic mass is 35.5. The maximum atomic E-state index is 6.23. The molecule has 0 aliphatic rings. The highest BCUT2D eigenvalue weighted by Gasteiger charge is 2.09. The first-order valence-corrected chi connectivity index (χ1v) is 6.80. The van der Waals surface area contributed by atoms with E-state index in [1.807, 2.05) is 23.9 Å². The molecule has 1 aromatic carbocycles. The van der Waals surface area contributed by atoms with Gasteiger partial charge in [-0.05, 0) is 24.8 Å². The van der Waals surface area contributed by atoms with E-state index in [4.69, 9.17) is 11.6 Å². The number of fused-ring (bicyclic) bond motifs is 1. The zero-order valence-corrected chi connectivity index (χ0v) is 10.5. The predicted molar refractivity (Wildman–Crippen MR) is 69.8 cm³/mol. The quantitative estimate of drug-likeness (QED) is 0.778. The van der Waals surface area contributed by atoms with E-state index in [1.54, 1.807) is 0 Å². The Kier molecular flexibility index (Phi) is 3.27. The predicted octanol–water partition coefficient (Wildman–Crippen LogP) is 4.18. The lowest BCUT2D eigenvalue weighted by Gasteiger charge is -2.01. The van der Waals surface area contributed by atoms with E-state index in [2.05, 4.69) is 30.0 Å². The molecule has 15 heavy (non-hydrogen) atoms. The van der Waals surface area contributed by atoms with E-state index < -0.39 is 0 Å². The van der Waals surface area contributed by atoms with Crippen LogP contribution in [0.5, 0.6) is 0 Å². The van der Waals surface area contributed by atoms with Gasteiger partial charge in [-0.1, -0.05) is 23.7 Å². The molecule has 1 heterocycles. The zero-order chi connectivity index (χ0) is 10.8. The highest BCUT2D eigenvalue weighted by molar-refractivity contribution is 7.97. The molecule has 1 nitrogen and oxygen atoms in total. The second kappa shape index (κ2) is 4.50. The molecular weight excluding hydrogens is 226 g/mol. The standard InChI is InChI=1S/C12H14ClNS/c1-3-14-7-9(8-15-2)10-5-4-6-11(13)12(10)14/h4-7H,3,8H2,1-2H3. The van der Waals surface area contributed by atoms with Gasteiger partial charge in [0, 0.05) is 23.9 Å².